The van der Waals surface area contributed by atoms with Crippen LogP contribution in [0.4, 0.5) is 0 Å². The first-order chi connectivity index (χ1) is 19.9. The molecule has 43 heavy (non-hydrogen) atoms. The molecule has 0 N–H and O–H groups in total. The molecule has 0 saturated heterocycles. The third-order valence-electron chi connectivity index (χ3n) is 9.45. The Morgan fingerprint density at radius 3 is 2.14 bits per heavy atom. The van der Waals surface area contributed by atoms with Gasteiger partial charge in [0, 0.05) is 18.0 Å². The summed E-state index contributed by atoms with van der Waals surface area (Å²) in [6.07, 6.45) is 10.7. The van der Waals surface area contributed by atoms with Gasteiger partial charge in [0.15, 0.2) is 0 Å². The normalized spacial score (nSPS) is 12.9. The lowest BCUT2D eigenvalue weighted by Crippen LogP contribution is -2.26. The Bertz CT molecular complexity index is 1360. The van der Waals surface area contributed by atoms with E-state index in [0.717, 1.165) is 37.3 Å². The van der Waals surface area contributed by atoms with Crippen molar-refractivity contribution < 1.29 is 4.74 Å². The molecule has 1 heterocycles. The van der Waals surface area contributed by atoms with E-state index in [4.69, 9.17) is 9.72 Å². The molecular formula is C40H60N2O. The smallest absolute Gasteiger partial charge is 0.144 e. The molecule has 0 fully saturated rings. The number of hydrogen-bond donors (Lipinski definition) is 0. The van der Waals surface area contributed by atoms with Gasteiger partial charge in [-0.05, 0) is 103 Å². The molecule has 0 amide bonds. The van der Waals surface area contributed by atoms with Gasteiger partial charge in [0.1, 0.15) is 11.6 Å². The van der Waals surface area contributed by atoms with Crippen molar-refractivity contribution in [3.63, 3.8) is 0 Å². The van der Waals surface area contributed by atoms with Gasteiger partial charge >= 0.3 is 0 Å². The Kier molecular flexibility index (Phi) is 10.8. The van der Waals surface area contributed by atoms with Crippen LogP contribution in [0.1, 0.15) is 124 Å². The van der Waals surface area contributed by atoms with Crippen molar-refractivity contribution in [3.05, 3.63) is 77.6 Å². The lowest BCUT2D eigenvalue weighted by molar-refractivity contribution is 0.179. The highest BCUT2D eigenvalue weighted by molar-refractivity contribution is 5.66. The van der Waals surface area contributed by atoms with Crippen LogP contribution in [0.2, 0.25) is 0 Å². The summed E-state index contributed by atoms with van der Waals surface area (Å²) >= 11 is 0. The highest BCUT2D eigenvalue weighted by Gasteiger charge is 2.31. The van der Waals surface area contributed by atoms with Gasteiger partial charge in [-0.1, -0.05) is 106 Å². The van der Waals surface area contributed by atoms with Crippen molar-refractivity contribution in [2.75, 3.05) is 6.61 Å². The van der Waals surface area contributed by atoms with E-state index in [-0.39, 0.29) is 10.8 Å². The summed E-state index contributed by atoms with van der Waals surface area (Å²) in [4.78, 5) is 4.84. The summed E-state index contributed by atoms with van der Waals surface area (Å²) in [5.41, 5.74) is 8.27. The fourth-order valence-corrected chi connectivity index (χ4v) is 6.46. The Morgan fingerprint density at radius 2 is 1.53 bits per heavy atom. The lowest BCUT2D eigenvalue weighted by atomic mass is 9.67. The summed E-state index contributed by atoms with van der Waals surface area (Å²) in [5.74, 6) is 1.92. The van der Waals surface area contributed by atoms with E-state index in [1.165, 1.54) is 46.4 Å². The SMILES string of the molecule is C=C(CCCOc1cc(C)c(-n2ccnc2-c2ccccc2C(C)(C)CC)c(C)c1)C(C)(C)CC(C)(C)CCC(C)(C)C. The van der Waals surface area contributed by atoms with Gasteiger partial charge in [0.2, 0.25) is 0 Å². The zero-order valence-electron chi connectivity index (χ0n) is 29.6. The van der Waals surface area contributed by atoms with E-state index in [0.29, 0.717) is 17.4 Å². The van der Waals surface area contributed by atoms with Crippen LogP contribution in [-0.4, -0.2) is 16.2 Å². The first-order valence-electron chi connectivity index (χ1n) is 16.4. The predicted molar refractivity (Wildman–Crippen MR) is 187 cm³/mol. The number of hydrogen-bond acceptors (Lipinski definition) is 2. The second-order valence-corrected chi connectivity index (χ2v) is 16.2. The molecule has 0 radical (unpaired) electrons. The minimum atomic E-state index is 0.0676. The third kappa shape index (κ3) is 9.10. The fourth-order valence-electron chi connectivity index (χ4n) is 6.46. The van der Waals surface area contributed by atoms with Gasteiger partial charge in [-0.25, -0.2) is 4.98 Å². The van der Waals surface area contributed by atoms with Gasteiger partial charge in [-0.2, -0.15) is 0 Å². The molecule has 0 aliphatic rings. The zero-order chi connectivity index (χ0) is 32.2. The molecule has 0 aliphatic heterocycles. The first-order valence-corrected chi connectivity index (χ1v) is 16.4. The van der Waals surface area contributed by atoms with Gasteiger partial charge in [-0.3, -0.25) is 4.57 Å². The summed E-state index contributed by atoms with van der Waals surface area (Å²) in [6, 6.07) is 13.0. The van der Waals surface area contributed by atoms with Crippen LogP contribution in [0, 0.1) is 30.1 Å². The molecule has 1 aromatic heterocycles. The van der Waals surface area contributed by atoms with Crippen LogP contribution in [0.3, 0.4) is 0 Å². The monoisotopic (exact) mass is 584 g/mol. The number of ether oxygens (including phenoxy) is 1. The lowest BCUT2D eigenvalue weighted by Gasteiger charge is -2.38. The van der Waals surface area contributed by atoms with Crippen molar-refractivity contribution in [3.8, 4) is 22.8 Å². The largest absolute Gasteiger partial charge is 0.494 e. The van der Waals surface area contributed by atoms with Gasteiger partial charge in [0.05, 0.1) is 12.3 Å². The van der Waals surface area contributed by atoms with Crippen LogP contribution >= 0.6 is 0 Å². The van der Waals surface area contributed by atoms with E-state index in [2.05, 4.69) is 137 Å². The minimum absolute atomic E-state index is 0.0676. The first kappa shape index (κ1) is 34.7. The molecule has 3 heteroatoms. The number of allylic oxidation sites excluding steroid dienone is 1. The van der Waals surface area contributed by atoms with Crippen molar-refractivity contribution in [1.82, 2.24) is 9.55 Å². The van der Waals surface area contributed by atoms with E-state index < -0.39 is 0 Å². The fraction of sp³-hybridized carbons (Fsp3) is 0.575. The third-order valence-corrected chi connectivity index (χ3v) is 9.45. The molecule has 236 valence electrons. The molecular weight excluding hydrogens is 524 g/mol. The van der Waals surface area contributed by atoms with Crippen LogP contribution in [0.25, 0.3) is 17.1 Å². The maximum atomic E-state index is 6.31. The molecule has 3 nitrogen and oxygen atoms in total. The summed E-state index contributed by atoms with van der Waals surface area (Å²) in [6.45, 7) is 33.0. The summed E-state index contributed by atoms with van der Waals surface area (Å²) in [7, 11) is 0. The van der Waals surface area contributed by atoms with E-state index in [1.807, 2.05) is 6.20 Å². The second kappa shape index (κ2) is 13.4. The molecule has 0 spiro atoms. The quantitative estimate of drug-likeness (QED) is 0.139. The van der Waals surface area contributed by atoms with Crippen LogP contribution in [0.15, 0.2) is 60.9 Å². The van der Waals surface area contributed by atoms with E-state index in [9.17, 15) is 0 Å². The maximum Gasteiger partial charge on any atom is 0.144 e. The van der Waals surface area contributed by atoms with Crippen molar-refractivity contribution in [2.24, 2.45) is 16.2 Å². The van der Waals surface area contributed by atoms with Gasteiger partial charge < -0.3 is 4.74 Å². The maximum absolute atomic E-state index is 6.31. The van der Waals surface area contributed by atoms with Gasteiger partial charge in [-0.15, -0.1) is 0 Å². The molecule has 0 atom stereocenters. The number of aryl methyl sites for hydroxylation is 2. The number of benzene rings is 2. The van der Waals surface area contributed by atoms with Crippen molar-refractivity contribution >= 4 is 0 Å². The zero-order valence-corrected chi connectivity index (χ0v) is 29.6. The Hall–Kier alpha value is -2.81. The molecule has 3 rings (SSSR count). The van der Waals surface area contributed by atoms with E-state index >= 15 is 0 Å². The molecule has 3 aromatic rings. The summed E-state index contributed by atoms with van der Waals surface area (Å²) in [5, 5.41) is 0. The average Bonchev–Trinajstić information content (AvgIpc) is 3.38. The Labute approximate surface area is 264 Å². The molecule has 2 aromatic carbocycles. The average molecular weight is 585 g/mol. The number of nitrogens with zero attached hydrogens (tertiary/aromatic N) is 2. The van der Waals surface area contributed by atoms with Gasteiger partial charge in [0.25, 0.3) is 0 Å². The predicted octanol–water partition coefficient (Wildman–Crippen LogP) is 11.8. The number of aromatic nitrogens is 2. The van der Waals surface area contributed by atoms with E-state index in [1.54, 1.807) is 0 Å². The van der Waals surface area contributed by atoms with Crippen LogP contribution in [0.5, 0.6) is 5.75 Å². The Balaban J connectivity index is 1.67. The topological polar surface area (TPSA) is 27.1 Å². The second-order valence-electron chi connectivity index (χ2n) is 16.2. The number of imidazole rings is 1. The summed E-state index contributed by atoms with van der Waals surface area (Å²) < 4.78 is 8.55. The van der Waals surface area contributed by atoms with Crippen LogP contribution < -0.4 is 4.74 Å². The molecule has 0 bridgehead atoms. The Morgan fingerprint density at radius 1 is 0.907 bits per heavy atom. The molecule has 0 aliphatic carbocycles. The van der Waals surface area contributed by atoms with Crippen LogP contribution in [-0.2, 0) is 5.41 Å². The van der Waals surface area contributed by atoms with Crippen molar-refractivity contribution in [2.45, 2.75) is 127 Å². The molecule has 0 saturated carbocycles. The van der Waals surface area contributed by atoms with Crippen molar-refractivity contribution in [1.29, 1.82) is 0 Å². The standard InChI is InChI=1S/C40H60N2O/c1-14-39(10,11)34-20-16-15-19-33(34)36-41-23-24-42(36)35-29(2)26-32(27-30(35)3)43-25-17-18-31(4)40(12,13)28-38(8,9)22-21-37(5,6)7/h15-16,19-20,23-24,26-27H,4,14,17-18,21-22,25,28H2,1-3,5-13H3. The number of rotatable bonds is 14. The highest BCUT2D eigenvalue weighted by Crippen LogP contribution is 2.44. The minimum Gasteiger partial charge on any atom is -0.494 e. The molecule has 0 unspecified atom stereocenters. The highest BCUT2D eigenvalue weighted by atomic mass is 16.5.